The van der Waals surface area contributed by atoms with Crippen molar-refractivity contribution in [2.24, 2.45) is 5.10 Å². The maximum atomic E-state index is 11.4. The zero-order valence-corrected chi connectivity index (χ0v) is 13.5. The number of ether oxygens (including phenoxy) is 1. The van der Waals surface area contributed by atoms with Crippen LogP contribution in [0.3, 0.4) is 0 Å². The molecule has 1 aromatic heterocycles. The Morgan fingerprint density at radius 1 is 1.50 bits per heavy atom. The third-order valence-electron chi connectivity index (χ3n) is 2.29. The minimum absolute atomic E-state index is 0.528. The number of amides is 1. The molecule has 0 bridgehead atoms. The first kappa shape index (κ1) is 16.4. The number of anilines is 1. The molecule has 0 aromatic carbocycles. The van der Waals surface area contributed by atoms with Crippen LogP contribution < -0.4 is 10.3 Å². The maximum absolute atomic E-state index is 11.4. The lowest BCUT2D eigenvalue weighted by molar-refractivity contribution is 0.0529. The first-order valence-electron chi connectivity index (χ1n) is 6.58. The largest absolute Gasteiger partial charge is 0.443 e. The SMILES string of the molecule is CCN(CC)c1ncc(C=NNC(=O)OC(C)(C)C)s1. The lowest BCUT2D eigenvalue weighted by Gasteiger charge is -2.18. The van der Waals surface area contributed by atoms with E-state index in [1.54, 1.807) is 33.2 Å². The van der Waals surface area contributed by atoms with Gasteiger partial charge in [0.2, 0.25) is 0 Å². The van der Waals surface area contributed by atoms with E-state index in [1.165, 1.54) is 11.3 Å². The van der Waals surface area contributed by atoms with Crippen LogP contribution in [0.15, 0.2) is 11.3 Å². The molecule has 0 atom stereocenters. The highest BCUT2D eigenvalue weighted by Gasteiger charge is 2.15. The summed E-state index contributed by atoms with van der Waals surface area (Å²) in [5.74, 6) is 0. The van der Waals surface area contributed by atoms with Gasteiger partial charge in [-0.3, -0.25) is 0 Å². The molecule has 0 aliphatic rings. The van der Waals surface area contributed by atoms with Gasteiger partial charge in [0.15, 0.2) is 5.13 Å². The summed E-state index contributed by atoms with van der Waals surface area (Å²) in [6.07, 6.45) is 2.73. The standard InChI is InChI=1S/C13H22N4O2S/c1-6-17(7-2)11-14-8-10(20-11)9-15-16-12(18)19-13(3,4)5/h8-9H,6-7H2,1-5H3,(H,16,18). The Balaban J connectivity index is 2.53. The number of nitrogens with zero attached hydrogens (tertiary/aromatic N) is 3. The molecule has 112 valence electrons. The van der Waals surface area contributed by atoms with Crippen molar-refractivity contribution in [3.63, 3.8) is 0 Å². The topological polar surface area (TPSA) is 66.8 Å². The molecule has 20 heavy (non-hydrogen) atoms. The Hall–Kier alpha value is -1.63. The van der Waals surface area contributed by atoms with E-state index in [9.17, 15) is 4.79 Å². The van der Waals surface area contributed by atoms with Gasteiger partial charge in [-0.1, -0.05) is 11.3 Å². The molecule has 0 unspecified atom stereocenters. The smallest absolute Gasteiger partial charge is 0.428 e. The molecular formula is C13H22N4O2S. The van der Waals surface area contributed by atoms with Gasteiger partial charge in [0.05, 0.1) is 11.1 Å². The number of thiazole rings is 1. The Bertz CT molecular complexity index is 461. The van der Waals surface area contributed by atoms with Crippen molar-refractivity contribution in [2.45, 2.75) is 40.2 Å². The molecule has 1 rings (SSSR count). The van der Waals surface area contributed by atoms with Crippen molar-refractivity contribution in [3.8, 4) is 0 Å². The van der Waals surface area contributed by atoms with E-state index in [-0.39, 0.29) is 0 Å². The van der Waals surface area contributed by atoms with Crippen molar-refractivity contribution >= 4 is 28.8 Å². The monoisotopic (exact) mass is 298 g/mol. The van der Waals surface area contributed by atoms with Gasteiger partial charge in [-0.05, 0) is 34.6 Å². The van der Waals surface area contributed by atoms with Gasteiger partial charge < -0.3 is 9.64 Å². The van der Waals surface area contributed by atoms with Crippen LogP contribution in [0.5, 0.6) is 0 Å². The maximum Gasteiger partial charge on any atom is 0.428 e. The van der Waals surface area contributed by atoms with Crippen molar-refractivity contribution in [3.05, 3.63) is 11.1 Å². The minimum Gasteiger partial charge on any atom is -0.443 e. The molecule has 0 aliphatic heterocycles. The predicted octanol–water partition coefficient (Wildman–Crippen LogP) is 2.85. The molecule has 0 radical (unpaired) electrons. The fraction of sp³-hybridized carbons (Fsp3) is 0.615. The van der Waals surface area contributed by atoms with E-state index in [4.69, 9.17) is 4.74 Å². The van der Waals surface area contributed by atoms with E-state index < -0.39 is 11.7 Å². The second-order valence-electron chi connectivity index (χ2n) is 5.09. The highest BCUT2D eigenvalue weighted by atomic mass is 32.1. The van der Waals surface area contributed by atoms with Crippen LogP contribution in [-0.4, -0.2) is 36.0 Å². The summed E-state index contributed by atoms with van der Waals surface area (Å²) in [7, 11) is 0. The van der Waals surface area contributed by atoms with Crippen LogP contribution in [0.4, 0.5) is 9.93 Å². The molecule has 0 aliphatic carbocycles. The fourth-order valence-corrected chi connectivity index (χ4v) is 2.34. The number of carbonyl (C=O) groups is 1. The zero-order chi connectivity index (χ0) is 15.2. The summed E-state index contributed by atoms with van der Waals surface area (Å²) in [6, 6.07) is 0. The summed E-state index contributed by atoms with van der Waals surface area (Å²) in [6.45, 7) is 11.4. The highest BCUT2D eigenvalue weighted by molar-refractivity contribution is 7.17. The Morgan fingerprint density at radius 2 is 2.15 bits per heavy atom. The van der Waals surface area contributed by atoms with Gasteiger partial charge in [0.1, 0.15) is 5.60 Å². The van der Waals surface area contributed by atoms with Crippen molar-refractivity contribution in [1.29, 1.82) is 0 Å². The number of aromatic nitrogens is 1. The first-order chi connectivity index (χ1) is 9.35. The number of carbonyl (C=O) groups excluding carboxylic acids is 1. The first-order valence-corrected chi connectivity index (χ1v) is 7.40. The number of rotatable bonds is 5. The highest BCUT2D eigenvalue weighted by Crippen LogP contribution is 2.20. The summed E-state index contributed by atoms with van der Waals surface area (Å²) in [4.78, 5) is 18.7. The van der Waals surface area contributed by atoms with Crippen molar-refractivity contribution in [1.82, 2.24) is 10.4 Å². The van der Waals surface area contributed by atoms with E-state index in [0.717, 1.165) is 23.1 Å². The molecule has 1 amide bonds. The summed E-state index contributed by atoms with van der Waals surface area (Å²) >= 11 is 1.53. The van der Waals surface area contributed by atoms with Crippen molar-refractivity contribution in [2.75, 3.05) is 18.0 Å². The van der Waals surface area contributed by atoms with E-state index in [2.05, 4.69) is 34.3 Å². The third kappa shape index (κ3) is 5.56. The zero-order valence-electron chi connectivity index (χ0n) is 12.6. The van der Waals surface area contributed by atoms with Crippen molar-refractivity contribution < 1.29 is 9.53 Å². The molecule has 1 heterocycles. The van der Waals surface area contributed by atoms with Crippen LogP contribution in [0.25, 0.3) is 0 Å². The average molecular weight is 298 g/mol. The van der Waals surface area contributed by atoms with E-state index in [1.807, 2.05) is 0 Å². The van der Waals surface area contributed by atoms with Gasteiger partial charge in [-0.2, -0.15) is 5.10 Å². The number of hydrogen-bond acceptors (Lipinski definition) is 6. The van der Waals surface area contributed by atoms with Gasteiger partial charge in [-0.25, -0.2) is 15.2 Å². The van der Waals surface area contributed by atoms with E-state index >= 15 is 0 Å². The van der Waals surface area contributed by atoms with Crippen LogP contribution in [-0.2, 0) is 4.74 Å². The number of hydrogen-bond donors (Lipinski definition) is 1. The molecule has 1 N–H and O–H groups in total. The van der Waals surface area contributed by atoms with Crippen LogP contribution in [0, 0.1) is 0 Å². The average Bonchev–Trinajstić information content (AvgIpc) is 2.77. The fourth-order valence-electron chi connectivity index (χ4n) is 1.43. The normalized spacial score (nSPS) is 11.7. The Kier molecular flexibility index (Phi) is 5.94. The predicted molar refractivity (Wildman–Crippen MR) is 82.6 cm³/mol. The van der Waals surface area contributed by atoms with Gasteiger partial charge in [0, 0.05) is 19.3 Å². The molecule has 6 nitrogen and oxygen atoms in total. The van der Waals surface area contributed by atoms with E-state index in [0.29, 0.717) is 0 Å². The van der Waals surface area contributed by atoms with Gasteiger partial charge in [0.25, 0.3) is 0 Å². The second kappa shape index (κ2) is 7.23. The minimum atomic E-state index is -0.567. The number of nitrogens with one attached hydrogen (secondary N) is 1. The second-order valence-corrected chi connectivity index (χ2v) is 6.13. The molecule has 7 heteroatoms. The summed E-state index contributed by atoms with van der Waals surface area (Å²) in [5.41, 5.74) is 1.80. The van der Waals surface area contributed by atoms with Crippen LogP contribution in [0.1, 0.15) is 39.5 Å². The Morgan fingerprint density at radius 3 is 2.70 bits per heavy atom. The molecule has 1 aromatic rings. The molecule has 0 saturated heterocycles. The molecular weight excluding hydrogens is 276 g/mol. The lowest BCUT2D eigenvalue weighted by Crippen LogP contribution is -2.29. The molecule has 0 fully saturated rings. The third-order valence-corrected chi connectivity index (χ3v) is 3.28. The van der Waals surface area contributed by atoms with Crippen LogP contribution in [0.2, 0.25) is 0 Å². The van der Waals surface area contributed by atoms with Crippen LogP contribution >= 0.6 is 11.3 Å². The summed E-state index contributed by atoms with van der Waals surface area (Å²) < 4.78 is 5.07. The quantitative estimate of drug-likeness (QED) is 0.670. The van der Waals surface area contributed by atoms with Gasteiger partial charge >= 0.3 is 6.09 Å². The Labute approximate surface area is 123 Å². The summed E-state index contributed by atoms with van der Waals surface area (Å²) in [5, 5.41) is 4.80. The van der Waals surface area contributed by atoms with Gasteiger partial charge in [-0.15, -0.1) is 0 Å². The molecule has 0 spiro atoms. The number of hydrazone groups is 1. The lowest BCUT2D eigenvalue weighted by atomic mass is 10.2. The molecule has 0 saturated carbocycles.